The van der Waals surface area contributed by atoms with E-state index in [0.717, 1.165) is 18.2 Å². The number of halogens is 4. The van der Waals surface area contributed by atoms with Crippen LogP contribution in [0.25, 0.3) is 11.0 Å². The molecule has 0 aliphatic carbocycles. The number of carbonyl (C=O) groups excluding carboxylic acids is 2. The lowest BCUT2D eigenvalue weighted by molar-refractivity contribution is -0.137. The van der Waals surface area contributed by atoms with Gasteiger partial charge in [-0.2, -0.15) is 18.4 Å². The summed E-state index contributed by atoms with van der Waals surface area (Å²) in [6.45, 7) is 0. The lowest BCUT2D eigenvalue weighted by Crippen LogP contribution is -2.20. The zero-order chi connectivity index (χ0) is 25.2. The summed E-state index contributed by atoms with van der Waals surface area (Å²) in [5.74, 6) is -0.352. The topological polar surface area (TPSA) is 108 Å². The van der Waals surface area contributed by atoms with Gasteiger partial charge in [0.25, 0.3) is 0 Å². The van der Waals surface area contributed by atoms with Crippen molar-refractivity contribution in [3.05, 3.63) is 94.3 Å². The standard InChI is InChI=1S/C24H13ClF3N5O2/c25-19-10-16(5-6-18(19)24(26,27)28)33-23(35)32-15-3-1-2-13(8-15)22(34)14-4-7-20-21(9-14)31-17(11-29)12-30-20/h1-10,12H,(H2,32,33,35). The largest absolute Gasteiger partial charge is 0.417 e. The number of anilines is 2. The Morgan fingerprint density at radius 1 is 0.914 bits per heavy atom. The average Bonchev–Trinajstić information content (AvgIpc) is 2.82. The van der Waals surface area contributed by atoms with Crippen LogP contribution in [0.1, 0.15) is 27.2 Å². The molecule has 0 spiro atoms. The van der Waals surface area contributed by atoms with Crippen LogP contribution in [-0.2, 0) is 6.18 Å². The molecule has 0 unspecified atom stereocenters. The lowest BCUT2D eigenvalue weighted by atomic mass is 10.0. The van der Waals surface area contributed by atoms with Crippen molar-refractivity contribution in [2.45, 2.75) is 6.18 Å². The summed E-state index contributed by atoms with van der Waals surface area (Å²) in [4.78, 5) is 33.5. The van der Waals surface area contributed by atoms with Gasteiger partial charge >= 0.3 is 12.2 Å². The average molecular weight is 496 g/mol. The molecular weight excluding hydrogens is 483 g/mol. The van der Waals surface area contributed by atoms with Gasteiger partial charge < -0.3 is 10.6 Å². The van der Waals surface area contributed by atoms with Crippen LogP contribution in [0.15, 0.2) is 66.9 Å². The van der Waals surface area contributed by atoms with Crippen LogP contribution >= 0.6 is 11.6 Å². The van der Waals surface area contributed by atoms with Gasteiger partial charge in [-0.15, -0.1) is 0 Å². The number of fused-ring (bicyclic) bond motifs is 1. The van der Waals surface area contributed by atoms with Crippen molar-refractivity contribution in [2.24, 2.45) is 0 Å². The number of rotatable bonds is 4. The molecular formula is C24H13ClF3N5O2. The Bertz CT molecular complexity index is 1520. The second-order valence-electron chi connectivity index (χ2n) is 7.25. The third kappa shape index (κ3) is 5.37. The summed E-state index contributed by atoms with van der Waals surface area (Å²) in [7, 11) is 0. The lowest BCUT2D eigenvalue weighted by Gasteiger charge is -2.12. The first kappa shape index (κ1) is 23.7. The van der Waals surface area contributed by atoms with Crippen LogP contribution in [0.3, 0.4) is 0 Å². The Hall–Kier alpha value is -4.49. The molecule has 0 aliphatic heterocycles. The van der Waals surface area contributed by atoms with Crippen molar-refractivity contribution in [1.82, 2.24) is 9.97 Å². The molecule has 2 N–H and O–H groups in total. The van der Waals surface area contributed by atoms with Crippen molar-refractivity contribution in [3.63, 3.8) is 0 Å². The maximum Gasteiger partial charge on any atom is 0.417 e. The summed E-state index contributed by atoms with van der Waals surface area (Å²) >= 11 is 5.67. The van der Waals surface area contributed by atoms with Gasteiger partial charge in [0.1, 0.15) is 6.07 Å². The highest BCUT2D eigenvalue weighted by Gasteiger charge is 2.33. The number of aromatic nitrogens is 2. The molecule has 1 heterocycles. The highest BCUT2D eigenvalue weighted by molar-refractivity contribution is 6.31. The number of carbonyl (C=O) groups is 2. The molecule has 35 heavy (non-hydrogen) atoms. The third-order valence-corrected chi connectivity index (χ3v) is 5.15. The van der Waals surface area contributed by atoms with E-state index in [9.17, 15) is 22.8 Å². The SMILES string of the molecule is N#Cc1cnc2ccc(C(=O)c3cccc(NC(=O)Nc4ccc(C(F)(F)F)c(Cl)c4)c3)cc2n1. The summed E-state index contributed by atoms with van der Waals surface area (Å²) in [6.07, 6.45) is -3.27. The Morgan fingerprint density at radius 3 is 2.31 bits per heavy atom. The minimum atomic E-state index is -4.61. The fraction of sp³-hybridized carbons (Fsp3) is 0.0417. The monoisotopic (exact) mass is 495 g/mol. The quantitative estimate of drug-likeness (QED) is 0.335. The van der Waals surface area contributed by atoms with Crippen molar-refractivity contribution in [3.8, 4) is 6.07 Å². The van der Waals surface area contributed by atoms with Crippen LogP contribution < -0.4 is 10.6 Å². The number of hydrogen-bond acceptors (Lipinski definition) is 5. The van der Waals surface area contributed by atoms with Crippen molar-refractivity contribution in [2.75, 3.05) is 10.6 Å². The molecule has 4 aromatic rings. The van der Waals surface area contributed by atoms with E-state index >= 15 is 0 Å². The van der Waals surface area contributed by atoms with Crippen molar-refractivity contribution >= 4 is 45.8 Å². The van der Waals surface area contributed by atoms with Gasteiger partial charge in [0.15, 0.2) is 11.5 Å². The van der Waals surface area contributed by atoms with E-state index in [2.05, 4.69) is 20.6 Å². The first-order valence-electron chi connectivity index (χ1n) is 9.90. The van der Waals surface area contributed by atoms with Crippen molar-refractivity contribution < 1.29 is 22.8 Å². The Balaban J connectivity index is 1.49. The summed E-state index contributed by atoms with van der Waals surface area (Å²) < 4.78 is 38.5. The smallest absolute Gasteiger partial charge is 0.308 e. The molecule has 0 saturated heterocycles. The van der Waals surface area contributed by atoms with E-state index in [-0.39, 0.29) is 28.4 Å². The van der Waals surface area contributed by atoms with E-state index < -0.39 is 22.8 Å². The number of ketones is 1. The molecule has 0 aliphatic rings. The van der Waals surface area contributed by atoms with Gasteiger partial charge in [0, 0.05) is 22.5 Å². The fourth-order valence-electron chi connectivity index (χ4n) is 3.23. The van der Waals surface area contributed by atoms with Gasteiger partial charge in [-0.1, -0.05) is 23.7 Å². The fourth-order valence-corrected chi connectivity index (χ4v) is 3.52. The molecule has 0 bridgehead atoms. The number of amides is 2. The van der Waals surface area contributed by atoms with Crippen LogP contribution in [0.2, 0.25) is 5.02 Å². The summed E-state index contributed by atoms with van der Waals surface area (Å²) in [5.41, 5.74) is 0.927. The molecule has 2 amide bonds. The molecule has 0 radical (unpaired) electrons. The predicted molar refractivity (Wildman–Crippen MR) is 123 cm³/mol. The van der Waals surface area contributed by atoms with E-state index in [1.54, 1.807) is 30.3 Å². The van der Waals surface area contributed by atoms with Gasteiger partial charge in [0.2, 0.25) is 0 Å². The predicted octanol–water partition coefficient (Wildman–Crippen LogP) is 6.05. The molecule has 4 rings (SSSR count). The number of urea groups is 1. The molecule has 0 atom stereocenters. The van der Waals surface area contributed by atoms with Gasteiger partial charge in [-0.3, -0.25) is 9.78 Å². The van der Waals surface area contributed by atoms with Gasteiger partial charge in [-0.05, 0) is 48.5 Å². The molecule has 0 fully saturated rings. The van der Waals surface area contributed by atoms with Crippen LogP contribution in [0.5, 0.6) is 0 Å². The molecule has 7 nitrogen and oxygen atoms in total. The van der Waals surface area contributed by atoms with E-state index in [1.807, 2.05) is 6.07 Å². The third-order valence-electron chi connectivity index (χ3n) is 4.83. The first-order chi connectivity index (χ1) is 16.6. The highest BCUT2D eigenvalue weighted by atomic mass is 35.5. The number of hydrogen-bond donors (Lipinski definition) is 2. The number of alkyl halides is 3. The molecule has 0 saturated carbocycles. The van der Waals surface area contributed by atoms with E-state index in [1.165, 1.54) is 18.3 Å². The second-order valence-corrected chi connectivity index (χ2v) is 7.66. The van der Waals surface area contributed by atoms with Gasteiger partial charge in [0.05, 0.1) is 27.8 Å². The number of benzene rings is 3. The Labute approximate surface area is 201 Å². The maximum absolute atomic E-state index is 13.0. The Morgan fingerprint density at radius 2 is 1.63 bits per heavy atom. The molecule has 1 aromatic heterocycles. The number of nitrogens with zero attached hydrogens (tertiary/aromatic N) is 3. The summed E-state index contributed by atoms with van der Waals surface area (Å²) in [6, 6.07) is 14.8. The second kappa shape index (κ2) is 9.40. The molecule has 11 heteroatoms. The maximum atomic E-state index is 13.0. The minimum absolute atomic E-state index is 0.0572. The number of nitrogens with one attached hydrogen (secondary N) is 2. The van der Waals surface area contributed by atoms with E-state index in [4.69, 9.17) is 16.9 Å². The normalized spacial score (nSPS) is 11.1. The highest BCUT2D eigenvalue weighted by Crippen LogP contribution is 2.35. The van der Waals surface area contributed by atoms with E-state index in [0.29, 0.717) is 16.6 Å². The van der Waals surface area contributed by atoms with Gasteiger partial charge in [-0.25, -0.2) is 9.78 Å². The zero-order valence-corrected chi connectivity index (χ0v) is 18.3. The minimum Gasteiger partial charge on any atom is -0.308 e. The number of nitriles is 1. The van der Waals surface area contributed by atoms with Crippen LogP contribution in [-0.4, -0.2) is 21.8 Å². The Kier molecular flexibility index (Phi) is 6.36. The molecule has 174 valence electrons. The summed E-state index contributed by atoms with van der Waals surface area (Å²) in [5, 5.41) is 13.4. The van der Waals surface area contributed by atoms with Crippen molar-refractivity contribution in [1.29, 1.82) is 5.26 Å². The first-order valence-corrected chi connectivity index (χ1v) is 10.3. The van der Waals surface area contributed by atoms with Crippen LogP contribution in [0, 0.1) is 11.3 Å². The zero-order valence-electron chi connectivity index (χ0n) is 17.5. The van der Waals surface area contributed by atoms with Crippen LogP contribution in [0.4, 0.5) is 29.3 Å². The molecule has 3 aromatic carbocycles.